The Labute approximate surface area is 136 Å². The Morgan fingerprint density at radius 2 is 1.61 bits per heavy atom. The second-order valence-corrected chi connectivity index (χ2v) is 5.59. The van der Waals surface area contributed by atoms with Gasteiger partial charge in [0, 0.05) is 11.1 Å². The summed E-state index contributed by atoms with van der Waals surface area (Å²) >= 11 is 0. The summed E-state index contributed by atoms with van der Waals surface area (Å²) in [7, 11) is 3.31. The highest BCUT2D eigenvalue weighted by Gasteiger charge is 2.19. The summed E-state index contributed by atoms with van der Waals surface area (Å²) < 4.78 is 11.2. The van der Waals surface area contributed by atoms with Crippen LogP contribution in [-0.2, 0) is 0 Å². The average Bonchev–Trinajstić information content (AvgIpc) is 2.57. The smallest absolute Gasteiger partial charge is 0.130 e. The molecule has 0 fully saturated rings. The Bertz CT molecular complexity index is 882. The van der Waals surface area contributed by atoms with E-state index in [0.717, 1.165) is 44.5 Å². The van der Waals surface area contributed by atoms with Crippen molar-refractivity contribution < 1.29 is 14.6 Å². The molecule has 0 radical (unpaired) electrons. The number of hydrogen-bond acceptors (Lipinski definition) is 3. The van der Waals surface area contributed by atoms with Crippen molar-refractivity contribution in [2.24, 2.45) is 0 Å². The van der Waals surface area contributed by atoms with E-state index in [1.165, 1.54) is 0 Å². The predicted octanol–water partition coefficient (Wildman–Crippen LogP) is 4.85. The summed E-state index contributed by atoms with van der Waals surface area (Å²) in [4.78, 5) is 0. The van der Waals surface area contributed by atoms with Gasteiger partial charge in [-0.15, -0.1) is 0 Å². The van der Waals surface area contributed by atoms with Crippen molar-refractivity contribution in [2.45, 2.75) is 13.8 Å². The lowest BCUT2D eigenvalue weighted by atomic mass is 9.93. The number of fused-ring (bicyclic) bond motifs is 1. The third-order valence-corrected chi connectivity index (χ3v) is 4.39. The van der Waals surface area contributed by atoms with Crippen molar-refractivity contribution >= 4 is 10.8 Å². The first kappa shape index (κ1) is 15.2. The molecule has 118 valence electrons. The van der Waals surface area contributed by atoms with Crippen LogP contribution in [0.15, 0.2) is 42.5 Å². The standard InChI is InChI=1S/C20H20O3/c1-12-13(2)20(23-4)16(11-18(12)22-3)19-15-8-6-5-7-14(15)9-10-17(19)21/h5-11,21H,1-4H3. The van der Waals surface area contributed by atoms with Crippen molar-refractivity contribution in [2.75, 3.05) is 14.2 Å². The Morgan fingerprint density at radius 1 is 0.870 bits per heavy atom. The molecule has 0 aliphatic rings. The van der Waals surface area contributed by atoms with Crippen molar-refractivity contribution in [3.05, 3.63) is 53.6 Å². The van der Waals surface area contributed by atoms with Crippen LogP contribution >= 0.6 is 0 Å². The molecule has 0 heterocycles. The maximum atomic E-state index is 10.5. The highest BCUT2D eigenvalue weighted by molar-refractivity contribution is 6.01. The second kappa shape index (κ2) is 5.84. The van der Waals surface area contributed by atoms with E-state index in [0.29, 0.717) is 0 Å². The number of aromatic hydroxyl groups is 1. The normalized spacial score (nSPS) is 10.8. The van der Waals surface area contributed by atoms with E-state index in [2.05, 4.69) is 0 Å². The van der Waals surface area contributed by atoms with E-state index in [4.69, 9.17) is 9.47 Å². The minimum Gasteiger partial charge on any atom is -0.507 e. The topological polar surface area (TPSA) is 38.7 Å². The average molecular weight is 308 g/mol. The Hall–Kier alpha value is -2.68. The monoisotopic (exact) mass is 308 g/mol. The van der Waals surface area contributed by atoms with Gasteiger partial charge in [0.2, 0.25) is 0 Å². The van der Waals surface area contributed by atoms with Gasteiger partial charge in [-0.25, -0.2) is 0 Å². The molecule has 1 N–H and O–H groups in total. The third-order valence-electron chi connectivity index (χ3n) is 4.39. The molecule has 0 aliphatic carbocycles. The van der Waals surface area contributed by atoms with Crippen LogP contribution in [0, 0.1) is 13.8 Å². The van der Waals surface area contributed by atoms with Gasteiger partial charge in [0.15, 0.2) is 0 Å². The molecule has 3 rings (SSSR count). The van der Waals surface area contributed by atoms with Crippen LogP contribution < -0.4 is 9.47 Å². The van der Waals surface area contributed by atoms with Crippen LogP contribution in [0.3, 0.4) is 0 Å². The fourth-order valence-electron chi connectivity index (χ4n) is 3.07. The molecule has 0 amide bonds. The molecule has 0 bridgehead atoms. The van der Waals surface area contributed by atoms with Crippen LogP contribution in [0.4, 0.5) is 0 Å². The van der Waals surface area contributed by atoms with Gasteiger partial charge in [0.1, 0.15) is 17.2 Å². The molecule has 0 aliphatic heterocycles. The summed E-state index contributed by atoms with van der Waals surface area (Å²) in [5.41, 5.74) is 3.64. The van der Waals surface area contributed by atoms with Gasteiger partial charge in [-0.3, -0.25) is 0 Å². The number of hydrogen-bond donors (Lipinski definition) is 1. The molecular formula is C20H20O3. The zero-order valence-corrected chi connectivity index (χ0v) is 13.8. The molecule has 0 aromatic heterocycles. The number of benzene rings is 3. The molecule has 23 heavy (non-hydrogen) atoms. The van der Waals surface area contributed by atoms with Crippen LogP contribution in [-0.4, -0.2) is 19.3 Å². The van der Waals surface area contributed by atoms with Crippen molar-refractivity contribution in [3.8, 4) is 28.4 Å². The van der Waals surface area contributed by atoms with Gasteiger partial charge >= 0.3 is 0 Å². The number of phenols is 1. The summed E-state index contributed by atoms with van der Waals surface area (Å²) in [6.07, 6.45) is 0. The van der Waals surface area contributed by atoms with Crippen molar-refractivity contribution in [1.82, 2.24) is 0 Å². The summed E-state index contributed by atoms with van der Waals surface area (Å²) in [5.74, 6) is 1.77. The highest BCUT2D eigenvalue weighted by atomic mass is 16.5. The number of phenolic OH excluding ortho intramolecular Hbond substituents is 1. The number of ether oxygens (including phenoxy) is 2. The SMILES string of the molecule is COc1cc(-c2c(O)ccc3ccccc23)c(OC)c(C)c1C. The fraction of sp³-hybridized carbons (Fsp3) is 0.200. The minimum absolute atomic E-state index is 0.229. The molecule has 3 heteroatoms. The summed E-state index contributed by atoms with van der Waals surface area (Å²) in [5, 5.41) is 12.6. The molecule has 3 aromatic carbocycles. The number of rotatable bonds is 3. The first-order valence-electron chi connectivity index (χ1n) is 7.51. The van der Waals surface area contributed by atoms with Crippen LogP contribution in [0.1, 0.15) is 11.1 Å². The first-order chi connectivity index (χ1) is 11.1. The molecule has 0 atom stereocenters. The minimum atomic E-state index is 0.229. The Morgan fingerprint density at radius 3 is 2.30 bits per heavy atom. The van der Waals surface area contributed by atoms with E-state index in [1.54, 1.807) is 20.3 Å². The van der Waals surface area contributed by atoms with E-state index < -0.39 is 0 Å². The third kappa shape index (κ3) is 2.38. The van der Waals surface area contributed by atoms with Crippen LogP contribution in [0.5, 0.6) is 17.2 Å². The Kier molecular flexibility index (Phi) is 3.87. The summed E-state index contributed by atoms with van der Waals surface area (Å²) in [6.45, 7) is 4.01. The maximum Gasteiger partial charge on any atom is 0.130 e. The van der Waals surface area contributed by atoms with Gasteiger partial charge in [0.25, 0.3) is 0 Å². The molecule has 0 spiro atoms. The van der Waals surface area contributed by atoms with E-state index in [1.807, 2.05) is 50.2 Å². The zero-order chi connectivity index (χ0) is 16.6. The highest BCUT2D eigenvalue weighted by Crippen LogP contribution is 2.45. The van der Waals surface area contributed by atoms with Gasteiger partial charge in [-0.1, -0.05) is 30.3 Å². The largest absolute Gasteiger partial charge is 0.507 e. The lowest BCUT2D eigenvalue weighted by Gasteiger charge is -2.19. The fourth-order valence-corrected chi connectivity index (χ4v) is 3.07. The molecule has 3 nitrogen and oxygen atoms in total. The molecule has 3 aromatic rings. The van der Waals surface area contributed by atoms with E-state index >= 15 is 0 Å². The lowest BCUT2D eigenvalue weighted by Crippen LogP contribution is -1.98. The summed E-state index contributed by atoms with van der Waals surface area (Å²) in [6, 6.07) is 13.6. The van der Waals surface area contributed by atoms with E-state index in [-0.39, 0.29) is 5.75 Å². The molecule has 0 saturated heterocycles. The first-order valence-corrected chi connectivity index (χ1v) is 7.51. The molecular weight excluding hydrogens is 288 g/mol. The Balaban J connectivity index is 2.44. The quantitative estimate of drug-likeness (QED) is 0.752. The molecule has 0 unspecified atom stereocenters. The van der Waals surface area contributed by atoms with E-state index in [9.17, 15) is 5.11 Å². The zero-order valence-electron chi connectivity index (χ0n) is 13.8. The van der Waals surface area contributed by atoms with Crippen LogP contribution in [0.25, 0.3) is 21.9 Å². The van der Waals surface area contributed by atoms with Gasteiger partial charge in [-0.05, 0) is 47.9 Å². The van der Waals surface area contributed by atoms with Crippen molar-refractivity contribution in [3.63, 3.8) is 0 Å². The maximum absolute atomic E-state index is 10.5. The lowest BCUT2D eigenvalue weighted by molar-refractivity contribution is 0.399. The second-order valence-electron chi connectivity index (χ2n) is 5.59. The van der Waals surface area contributed by atoms with Crippen LogP contribution in [0.2, 0.25) is 0 Å². The predicted molar refractivity (Wildman–Crippen MR) is 93.6 cm³/mol. The van der Waals surface area contributed by atoms with Crippen molar-refractivity contribution in [1.29, 1.82) is 0 Å². The van der Waals surface area contributed by atoms with Gasteiger partial charge < -0.3 is 14.6 Å². The molecule has 0 saturated carbocycles. The van der Waals surface area contributed by atoms with Gasteiger partial charge in [0.05, 0.1) is 14.2 Å². The number of methoxy groups -OCH3 is 2. The van der Waals surface area contributed by atoms with Gasteiger partial charge in [-0.2, -0.15) is 0 Å².